The fourth-order valence-electron chi connectivity index (χ4n) is 1.94. The van der Waals surface area contributed by atoms with Crippen LogP contribution in [0.25, 0.3) is 0 Å². The average molecular weight is 289 g/mol. The summed E-state index contributed by atoms with van der Waals surface area (Å²) in [6.45, 7) is -0.0502. The molecule has 110 valence electrons. The zero-order valence-corrected chi connectivity index (χ0v) is 11.5. The Morgan fingerprint density at radius 2 is 1.76 bits per heavy atom. The number of benzene rings is 1. The lowest BCUT2D eigenvalue weighted by atomic mass is 10.1. The highest BCUT2D eigenvalue weighted by Crippen LogP contribution is 2.08. The second-order valence-corrected chi connectivity index (χ2v) is 4.62. The van der Waals surface area contributed by atoms with Crippen LogP contribution in [0.5, 0.6) is 0 Å². The van der Waals surface area contributed by atoms with Crippen LogP contribution in [0.4, 0.5) is 4.79 Å². The number of nitrogens with one attached hydrogen (secondary N) is 1. The van der Waals surface area contributed by atoms with E-state index in [2.05, 4.69) is 5.32 Å². The smallest absolute Gasteiger partial charge is 0.334 e. The lowest BCUT2D eigenvalue weighted by molar-refractivity contribution is -0.143. The summed E-state index contributed by atoms with van der Waals surface area (Å²) in [5.41, 5.74) is 1.07. The standard InChI is InChI=1S/C14H15N3O4/c1-16-12(19)13(20)17(14(16)21)9-11(18)15-8-7-10-5-3-2-4-6-10/h2-6H,7-9H2,1H3,(H,15,18). The number of rotatable bonds is 5. The summed E-state index contributed by atoms with van der Waals surface area (Å²) in [5.74, 6) is -2.37. The van der Waals surface area contributed by atoms with Gasteiger partial charge in [-0.25, -0.2) is 9.69 Å². The molecule has 1 aromatic carbocycles. The molecule has 1 aliphatic rings. The van der Waals surface area contributed by atoms with E-state index in [1.165, 1.54) is 7.05 Å². The minimum atomic E-state index is -0.972. The molecule has 1 heterocycles. The Kier molecular flexibility index (Phi) is 4.32. The van der Waals surface area contributed by atoms with Crippen molar-refractivity contribution in [3.8, 4) is 0 Å². The van der Waals surface area contributed by atoms with Crippen molar-refractivity contribution in [1.29, 1.82) is 0 Å². The van der Waals surface area contributed by atoms with E-state index < -0.39 is 30.3 Å². The maximum atomic E-state index is 11.7. The zero-order chi connectivity index (χ0) is 15.4. The fourth-order valence-corrected chi connectivity index (χ4v) is 1.94. The number of likely N-dealkylation sites (N-methyl/N-ethyl adjacent to an activating group) is 1. The predicted molar refractivity (Wildman–Crippen MR) is 73.0 cm³/mol. The van der Waals surface area contributed by atoms with Crippen molar-refractivity contribution in [2.45, 2.75) is 6.42 Å². The van der Waals surface area contributed by atoms with Gasteiger partial charge in [0.15, 0.2) is 0 Å². The van der Waals surface area contributed by atoms with E-state index >= 15 is 0 Å². The van der Waals surface area contributed by atoms with Gasteiger partial charge in [-0.1, -0.05) is 30.3 Å². The van der Waals surface area contributed by atoms with Gasteiger partial charge in [0.1, 0.15) is 6.54 Å². The topological polar surface area (TPSA) is 86.8 Å². The average Bonchev–Trinajstić information content (AvgIpc) is 2.66. The van der Waals surface area contributed by atoms with Crippen LogP contribution in [0.2, 0.25) is 0 Å². The van der Waals surface area contributed by atoms with Gasteiger partial charge in [0.25, 0.3) is 0 Å². The molecule has 0 aromatic heterocycles. The number of hydrogen-bond acceptors (Lipinski definition) is 4. The summed E-state index contributed by atoms with van der Waals surface area (Å²) in [6, 6.07) is 8.81. The van der Waals surface area contributed by atoms with Crippen LogP contribution < -0.4 is 5.32 Å². The second-order valence-electron chi connectivity index (χ2n) is 4.62. The van der Waals surface area contributed by atoms with E-state index in [0.717, 1.165) is 5.56 Å². The zero-order valence-electron chi connectivity index (χ0n) is 11.5. The largest absolute Gasteiger partial charge is 0.354 e. The van der Waals surface area contributed by atoms with E-state index in [0.29, 0.717) is 22.8 Å². The molecule has 0 saturated carbocycles. The number of imide groups is 2. The predicted octanol–water partition coefficient (Wildman–Crippen LogP) is -0.234. The molecule has 5 amide bonds. The molecule has 1 N–H and O–H groups in total. The van der Waals surface area contributed by atoms with Gasteiger partial charge in [0, 0.05) is 13.6 Å². The summed E-state index contributed by atoms with van der Waals surface area (Å²) in [7, 11) is 1.20. The molecule has 2 rings (SSSR count). The third-order valence-corrected chi connectivity index (χ3v) is 3.13. The Morgan fingerprint density at radius 3 is 2.33 bits per heavy atom. The van der Waals surface area contributed by atoms with Crippen LogP contribution in [0.1, 0.15) is 5.56 Å². The minimum Gasteiger partial charge on any atom is -0.354 e. The highest BCUT2D eigenvalue weighted by Gasteiger charge is 2.42. The van der Waals surface area contributed by atoms with Crippen LogP contribution in [0, 0.1) is 0 Å². The normalized spacial score (nSPS) is 14.8. The van der Waals surface area contributed by atoms with Crippen LogP contribution in [-0.2, 0) is 20.8 Å². The summed E-state index contributed by atoms with van der Waals surface area (Å²) < 4.78 is 0. The SMILES string of the molecule is CN1C(=O)C(=O)N(CC(=O)NCCc2ccccc2)C1=O. The third-order valence-electron chi connectivity index (χ3n) is 3.13. The second kappa shape index (κ2) is 6.17. The molecule has 1 saturated heterocycles. The van der Waals surface area contributed by atoms with Gasteiger partial charge in [0.2, 0.25) is 5.91 Å². The van der Waals surface area contributed by atoms with Crippen LogP contribution in [-0.4, -0.2) is 53.7 Å². The molecule has 0 radical (unpaired) electrons. The van der Waals surface area contributed by atoms with E-state index in [9.17, 15) is 19.2 Å². The lowest BCUT2D eigenvalue weighted by Crippen LogP contribution is -2.41. The van der Waals surface area contributed by atoms with Gasteiger partial charge in [-0.15, -0.1) is 0 Å². The van der Waals surface area contributed by atoms with Crippen molar-refractivity contribution in [2.75, 3.05) is 20.1 Å². The molecule has 7 nitrogen and oxygen atoms in total. The van der Waals surface area contributed by atoms with Crippen LogP contribution in [0.15, 0.2) is 30.3 Å². The van der Waals surface area contributed by atoms with Crippen molar-refractivity contribution in [3.63, 3.8) is 0 Å². The quantitative estimate of drug-likeness (QED) is 0.599. The van der Waals surface area contributed by atoms with Crippen molar-refractivity contribution in [1.82, 2.24) is 15.1 Å². The summed E-state index contributed by atoms with van der Waals surface area (Å²) in [6.07, 6.45) is 0.646. The van der Waals surface area contributed by atoms with Crippen molar-refractivity contribution in [3.05, 3.63) is 35.9 Å². The summed E-state index contributed by atoms with van der Waals surface area (Å²) in [4.78, 5) is 47.4. The molecule has 1 aliphatic heterocycles. The monoisotopic (exact) mass is 289 g/mol. The van der Waals surface area contributed by atoms with Gasteiger partial charge in [-0.3, -0.25) is 19.3 Å². The Bertz CT molecular complexity index is 585. The summed E-state index contributed by atoms with van der Waals surface area (Å²) >= 11 is 0. The number of carbonyl (C=O) groups excluding carboxylic acids is 4. The van der Waals surface area contributed by atoms with Crippen LogP contribution >= 0.6 is 0 Å². The molecular weight excluding hydrogens is 274 g/mol. The highest BCUT2D eigenvalue weighted by atomic mass is 16.2. The van der Waals surface area contributed by atoms with Gasteiger partial charge in [0.05, 0.1) is 0 Å². The molecular formula is C14H15N3O4. The molecule has 0 spiro atoms. The first-order valence-electron chi connectivity index (χ1n) is 6.45. The van der Waals surface area contributed by atoms with Crippen LogP contribution in [0.3, 0.4) is 0 Å². The van der Waals surface area contributed by atoms with Crippen molar-refractivity contribution < 1.29 is 19.2 Å². The van der Waals surface area contributed by atoms with E-state index in [1.807, 2.05) is 30.3 Å². The first-order valence-corrected chi connectivity index (χ1v) is 6.45. The number of amides is 5. The van der Waals surface area contributed by atoms with Crippen molar-refractivity contribution >= 4 is 23.8 Å². The molecule has 0 aliphatic carbocycles. The van der Waals surface area contributed by atoms with Gasteiger partial charge in [-0.05, 0) is 12.0 Å². The molecule has 0 atom stereocenters. The Morgan fingerprint density at radius 1 is 1.10 bits per heavy atom. The third kappa shape index (κ3) is 3.25. The number of urea groups is 1. The lowest BCUT2D eigenvalue weighted by Gasteiger charge is -2.12. The fraction of sp³-hybridized carbons (Fsp3) is 0.286. The van der Waals surface area contributed by atoms with Gasteiger partial charge >= 0.3 is 17.8 Å². The Balaban J connectivity index is 1.81. The molecule has 0 bridgehead atoms. The van der Waals surface area contributed by atoms with E-state index in [4.69, 9.17) is 0 Å². The van der Waals surface area contributed by atoms with E-state index in [1.54, 1.807) is 0 Å². The maximum Gasteiger partial charge on any atom is 0.334 e. The molecule has 1 fully saturated rings. The minimum absolute atomic E-state index is 0.392. The number of hydrogen-bond donors (Lipinski definition) is 1. The molecule has 1 aromatic rings. The highest BCUT2D eigenvalue weighted by molar-refractivity contribution is 6.44. The van der Waals surface area contributed by atoms with E-state index in [-0.39, 0.29) is 0 Å². The number of carbonyl (C=O) groups is 4. The van der Waals surface area contributed by atoms with Crippen molar-refractivity contribution in [2.24, 2.45) is 0 Å². The van der Waals surface area contributed by atoms with Gasteiger partial charge < -0.3 is 5.32 Å². The molecule has 0 unspecified atom stereocenters. The Labute approximate surface area is 121 Å². The first-order chi connectivity index (χ1) is 10.0. The van der Waals surface area contributed by atoms with Gasteiger partial charge in [-0.2, -0.15) is 0 Å². The first kappa shape index (κ1) is 14.7. The molecule has 21 heavy (non-hydrogen) atoms. The molecule has 7 heteroatoms. The number of nitrogens with zero attached hydrogens (tertiary/aromatic N) is 2. The Hall–Kier alpha value is -2.70. The summed E-state index contributed by atoms with van der Waals surface area (Å²) in [5, 5.41) is 2.61. The maximum absolute atomic E-state index is 11.7.